The van der Waals surface area contributed by atoms with E-state index in [-0.39, 0.29) is 23.4 Å². The van der Waals surface area contributed by atoms with Crippen LogP contribution in [0.2, 0.25) is 5.02 Å². The Labute approximate surface area is 156 Å². The number of nitrogens with one attached hydrogen (secondary N) is 2. The van der Waals surface area contributed by atoms with E-state index in [1.165, 1.54) is 25.3 Å². The van der Waals surface area contributed by atoms with E-state index in [1.807, 2.05) is 19.1 Å². The third kappa shape index (κ3) is 4.93. The minimum Gasteiger partial charge on any atom is -0.494 e. The molecular weight excluding hydrogens is 358 g/mol. The van der Waals surface area contributed by atoms with Crippen molar-refractivity contribution in [3.8, 4) is 5.75 Å². The molecule has 7 nitrogen and oxygen atoms in total. The number of amides is 1. The maximum atomic E-state index is 12.4. The van der Waals surface area contributed by atoms with Crippen LogP contribution in [0.1, 0.15) is 25.5 Å². The predicted octanol–water partition coefficient (Wildman–Crippen LogP) is 3.93. The first kappa shape index (κ1) is 19.7. The number of nitro groups is 1. The molecule has 0 saturated carbocycles. The van der Waals surface area contributed by atoms with Gasteiger partial charge in [0.1, 0.15) is 5.75 Å². The van der Waals surface area contributed by atoms with Gasteiger partial charge >= 0.3 is 0 Å². The van der Waals surface area contributed by atoms with Crippen LogP contribution < -0.4 is 15.4 Å². The lowest BCUT2D eigenvalue weighted by atomic mass is 10.1. The van der Waals surface area contributed by atoms with Gasteiger partial charge in [0.25, 0.3) is 5.69 Å². The number of hydrogen-bond acceptors (Lipinski definition) is 5. The van der Waals surface area contributed by atoms with Gasteiger partial charge in [-0.25, -0.2) is 0 Å². The van der Waals surface area contributed by atoms with Crippen molar-refractivity contribution in [3.63, 3.8) is 0 Å². The number of hydrogen-bond donors (Lipinski definition) is 2. The summed E-state index contributed by atoms with van der Waals surface area (Å²) in [6, 6.07) is 10.8. The summed E-state index contributed by atoms with van der Waals surface area (Å²) < 4.78 is 5.13. The Bertz CT molecular complexity index is 796. The molecule has 0 aliphatic heterocycles. The van der Waals surface area contributed by atoms with Crippen molar-refractivity contribution in [1.29, 1.82) is 0 Å². The topological polar surface area (TPSA) is 93.5 Å². The Balaban J connectivity index is 2.04. The van der Waals surface area contributed by atoms with Crippen molar-refractivity contribution in [1.82, 2.24) is 5.32 Å². The zero-order valence-corrected chi connectivity index (χ0v) is 15.4. The van der Waals surface area contributed by atoms with E-state index < -0.39 is 11.0 Å². The number of halogens is 1. The summed E-state index contributed by atoms with van der Waals surface area (Å²) in [5.41, 5.74) is 1.26. The lowest BCUT2D eigenvalue weighted by Crippen LogP contribution is -2.39. The van der Waals surface area contributed by atoms with Crippen LogP contribution in [0.25, 0.3) is 0 Å². The molecule has 0 bridgehead atoms. The molecule has 0 aliphatic rings. The number of benzene rings is 2. The number of anilines is 1. The van der Waals surface area contributed by atoms with E-state index in [4.69, 9.17) is 16.3 Å². The highest BCUT2D eigenvalue weighted by atomic mass is 35.5. The molecule has 0 spiro atoms. The summed E-state index contributed by atoms with van der Waals surface area (Å²) >= 11 is 5.88. The Morgan fingerprint density at radius 2 is 1.85 bits per heavy atom. The Morgan fingerprint density at radius 3 is 2.42 bits per heavy atom. The number of methoxy groups -OCH3 is 1. The minimum atomic E-state index is -0.522. The van der Waals surface area contributed by atoms with E-state index in [2.05, 4.69) is 10.6 Å². The summed E-state index contributed by atoms with van der Waals surface area (Å²) in [5, 5.41) is 17.4. The molecule has 0 heterocycles. The fourth-order valence-electron chi connectivity index (χ4n) is 2.44. The number of nitrogens with zero attached hydrogens (tertiary/aromatic N) is 1. The molecule has 26 heavy (non-hydrogen) atoms. The van der Waals surface area contributed by atoms with E-state index in [0.717, 1.165) is 5.56 Å². The van der Waals surface area contributed by atoms with Gasteiger partial charge in [0.05, 0.1) is 29.8 Å². The summed E-state index contributed by atoms with van der Waals surface area (Å²) in [4.78, 5) is 22.7. The average molecular weight is 378 g/mol. The number of ether oxygens (including phenoxy) is 1. The molecule has 2 aromatic rings. The van der Waals surface area contributed by atoms with Crippen LogP contribution in [0.5, 0.6) is 5.75 Å². The second-order valence-electron chi connectivity index (χ2n) is 5.79. The SMILES string of the molecule is COc1cc([N+](=O)[O-])ccc1NC(=O)[C@H](C)N[C@H](C)c1ccc(Cl)cc1. The Morgan fingerprint density at radius 1 is 1.19 bits per heavy atom. The molecule has 1 amide bonds. The Kier molecular flexibility index (Phi) is 6.54. The van der Waals surface area contributed by atoms with Crippen molar-refractivity contribution in [2.75, 3.05) is 12.4 Å². The average Bonchev–Trinajstić information content (AvgIpc) is 2.62. The number of rotatable bonds is 7. The molecule has 138 valence electrons. The minimum absolute atomic E-state index is 0.0632. The van der Waals surface area contributed by atoms with Crippen LogP contribution >= 0.6 is 11.6 Å². The number of nitro benzene ring substituents is 1. The van der Waals surface area contributed by atoms with E-state index in [1.54, 1.807) is 19.1 Å². The predicted molar refractivity (Wildman–Crippen MR) is 101 cm³/mol. The van der Waals surface area contributed by atoms with Gasteiger partial charge in [-0.3, -0.25) is 20.2 Å². The molecule has 2 N–H and O–H groups in total. The van der Waals surface area contributed by atoms with Gasteiger partial charge in [0, 0.05) is 17.1 Å². The lowest BCUT2D eigenvalue weighted by molar-refractivity contribution is -0.384. The van der Waals surface area contributed by atoms with Gasteiger partial charge in [-0.1, -0.05) is 23.7 Å². The highest BCUT2D eigenvalue weighted by molar-refractivity contribution is 6.30. The van der Waals surface area contributed by atoms with Crippen LogP contribution in [0.4, 0.5) is 11.4 Å². The summed E-state index contributed by atoms with van der Waals surface area (Å²) in [6.45, 7) is 3.68. The zero-order chi connectivity index (χ0) is 19.3. The van der Waals surface area contributed by atoms with Crippen molar-refractivity contribution >= 4 is 28.9 Å². The second-order valence-corrected chi connectivity index (χ2v) is 6.23. The molecule has 0 unspecified atom stereocenters. The van der Waals surface area contributed by atoms with Crippen LogP contribution in [0.3, 0.4) is 0 Å². The van der Waals surface area contributed by atoms with E-state index >= 15 is 0 Å². The maximum Gasteiger partial charge on any atom is 0.273 e. The normalized spacial score (nSPS) is 12.9. The molecule has 2 rings (SSSR count). The van der Waals surface area contributed by atoms with Gasteiger partial charge in [-0.2, -0.15) is 0 Å². The highest BCUT2D eigenvalue weighted by Gasteiger charge is 2.19. The fraction of sp³-hybridized carbons (Fsp3) is 0.278. The number of carbonyl (C=O) groups excluding carboxylic acids is 1. The van der Waals surface area contributed by atoms with Crippen LogP contribution in [0, 0.1) is 10.1 Å². The summed E-state index contributed by atoms with van der Waals surface area (Å²) in [7, 11) is 1.39. The number of carbonyl (C=O) groups is 1. The first-order chi connectivity index (χ1) is 12.3. The molecule has 0 radical (unpaired) electrons. The Hall–Kier alpha value is -2.64. The molecule has 0 fully saturated rings. The number of non-ortho nitro benzene ring substituents is 1. The smallest absolute Gasteiger partial charge is 0.273 e. The first-order valence-corrected chi connectivity index (χ1v) is 8.34. The van der Waals surface area contributed by atoms with Crippen molar-refractivity contribution in [3.05, 3.63) is 63.2 Å². The van der Waals surface area contributed by atoms with Crippen LogP contribution in [-0.2, 0) is 4.79 Å². The van der Waals surface area contributed by atoms with Crippen molar-refractivity contribution in [2.24, 2.45) is 0 Å². The van der Waals surface area contributed by atoms with Crippen LogP contribution in [0.15, 0.2) is 42.5 Å². The maximum absolute atomic E-state index is 12.4. The monoisotopic (exact) mass is 377 g/mol. The van der Waals surface area contributed by atoms with Gasteiger partial charge < -0.3 is 10.1 Å². The molecule has 0 aliphatic carbocycles. The lowest BCUT2D eigenvalue weighted by Gasteiger charge is -2.20. The van der Waals surface area contributed by atoms with Crippen molar-refractivity contribution < 1.29 is 14.5 Å². The van der Waals surface area contributed by atoms with E-state index in [0.29, 0.717) is 10.7 Å². The summed E-state index contributed by atoms with van der Waals surface area (Å²) in [6.07, 6.45) is 0. The molecule has 0 saturated heterocycles. The molecule has 2 atom stereocenters. The quantitative estimate of drug-likeness (QED) is 0.563. The molecule has 8 heteroatoms. The second kappa shape index (κ2) is 8.64. The fourth-order valence-corrected chi connectivity index (χ4v) is 2.56. The largest absolute Gasteiger partial charge is 0.494 e. The third-order valence-corrected chi connectivity index (χ3v) is 4.17. The zero-order valence-electron chi connectivity index (χ0n) is 14.7. The molecule has 2 aromatic carbocycles. The van der Waals surface area contributed by atoms with Crippen molar-refractivity contribution in [2.45, 2.75) is 25.9 Å². The third-order valence-electron chi connectivity index (χ3n) is 3.92. The summed E-state index contributed by atoms with van der Waals surface area (Å²) in [5.74, 6) is -0.0523. The molecular formula is C18H20ClN3O4. The van der Waals surface area contributed by atoms with Gasteiger partial charge in [0.2, 0.25) is 5.91 Å². The van der Waals surface area contributed by atoms with Gasteiger partial charge in [-0.05, 0) is 37.6 Å². The van der Waals surface area contributed by atoms with E-state index in [9.17, 15) is 14.9 Å². The van der Waals surface area contributed by atoms with Gasteiger partial charge in [0.15, 0.2) is 0 Å². The first-order valence-electron chi connectivity index (χ1n) is 7.96. The van der Waals surface area contributed by atoms with Gasteiger partial charge in [-0.15, -0.1) is 0 Å². The standard InChI is InChI=1S/C18H20ClN3O4/c1-11(13-4-6-14(19)7-5-13)20-12(2)18(23)21-16-9-8-15(22(24)25)10-17(16)26-3/h4-12,20H,1-3H3,(H,21,23)/t11-,12+/m1/s1. The van der Waals surface area contributed by atoms with Crippen LogP contribution in [-0.4, -0.2) is 24.0 Å². The highest BCUT2D eigenvalue weighted by Crippen LogP contribution is 2.29. The molecule has 0 aromatic heterocycles.